The van der Waals surface area contributed by atoms with Gasteiger partial charge in [-0.25, -0.2) is 0 Å². The summed E-state index contributed by atoms with van der Waals surface area (Å²) in [6, 6.07) is 0. The highest BCUT2D eigenvalue weighted by Crippen LogP contribution is 2.09. The van der Waals surface area contributed by atoms with E-state index in [1.165, 1.54) is 0 Å². The Hall–Kier alpha value is 0.350. The molecule has 0 aromatic rings. The van der Waals surface area contributed by atoms with Crippen LogP contribution >= 0.6 is 9.24 Å². The standard InChI is InChI=1S/C6H14NOP/c1-2-7-3-4-8-6(9)5-7/h6H,2-5,9H2,1H3. The van der Waals surface area contributed by atoms with Crippen LogP contribution in [0.3, 0.4) is 0 Å². The molecule has 2 unspecified atom stereocenters. The second-order valence-electron chi connectivity index (χ2n) is 2.30. The average Bonchev–Trinajstić information content (AvgIpc) is 1.88. The molecule has 2 nitrogen and oxygen atoms in total. The van der Waals surface area contributed by atoms with Gasteiger partial charge in [0.1, 0.15) is 0 Å². The van der Waals surface area contributed by atoms with Crippen molar-refractivity contribution < 1.29 is 4.74 Å². The van der Waals surface area contributed by atoms with Gasteiger partial charge in [0.05, 0.1) is 12.5 Å². The maximum absolute atomic E-state index is 5.33. The zero-order valence-corrected chi connectivity index (χ0v) is 6.99. The van der Waals surface area contributed by atoms with Crippen LogP contribution in [0.25, 0.3) is 0 Å². The fraction of sp³-hybridized carbons (Fsp3) is 1.00. The van der Waals surface area contributed by atoms with Gasteiger partial charge < -0.3 is 4.74 Å². The fourth-order valence-corrected chi connectivity index (χ4v) is 1.45. The van der Waals surface area contributed by atoms with Crippen molar-refractivity contribution >= 4 is 9.24 Å². The zero-order chi connectivity index (χ0) is 6.69. The number of hydrogen-bond acceptors (Lipinski definition) is 2. The van der Waals surface area contributed by atoms with E-state index in [1.807, 2.05) is 0 Å². The molecule has 3 heteroatoms. The molecule has 2 atom stereocenters. The molecule has 0 spiro atoms. The van der Waals surface area contributed by atoms with Crippen molar-refractivity contribution in [2.45, 2.75) is 12.8 Å². The van der Waals surface area contributed by atoms with Gasteiger partial charge in [-0.1, -0.05) is 6.92 Å². The summed E-state index contributed by atoms with van der Waals surface area (Å²) in [7, 11) is 2.70. The quantitative estimate of drug-likeness (QED) is 0.502. The van der Waals surface area contributed by atoms with Crippen LogP contribution in [0.5, 0.6) is 0 Å². The molecular weight excluding hydrogens is 133 g/mol. The predicted octanol–water partition coefficient (Wildman–Crippen LogP) is 0.540. The topological polar surface area (TPSA) is 12.5 Å². The molecule has 54 valence electrons. The van der Waals surface area contributed by atoms with Gasteiger partial charge in [-0.15, -0.1) is 9.24 Å². The maximum Gasteiger partial charge on any atom is 0.0835 e. The average molecular weight is 147 g/mol. The van der Waals surface area contributed by atoms with Gasteiger partial charge in [-0.2, -0.15) is 0 Å². The number of nitrogens with zero attached hydrogens (tertiary/aromatic N) is 1. The van der Waals surface area contributed by atoms with Crippen molar-refractivity contribution in [1.82, 2.24) is 4.90 Å². The molecule has 1 saturated heterocycles. The molecule has 0 saturated carbocycles. The molecule has 0 radical (unpaired) electrons. The highest BCUT2D eigenvalue weighted by molar-refractivity contribution is 7.17. The lowest BCUT2D eigenvalue weighted by Crippen LogP contribution is -2.39. The number of likely N-dealkylation sites (N-methyl/N-ethyl adjacent to an activating group) is 1. The summed E-state index contributed by atoms with van der Waals surface area (Å²) in [4.78, 5) is 2.39. The van der Waals surface area contributed by atoms with Crippen molar-refractivity contribution in [3.63, 3.8) is 0 Å². The van der Waals surface area contributed by atoms with E-state index in [4.69, 9.17) is 4.74 Å². The first-order chi connectivity index (χ1) is 4.33. The predicted molar refractivity (Wildman–Crippen MR) is 41.6 cm³/mol. The third-order valence-electron chi connectivity index (χ3n) is 1.62. The molecule has 0 bridgehead atoms. The Morgan fingerprint density at radius 2 is 2.56 bits per heavy atom. The SMILES string of the molecule is CCN1CCOC(P)C1. The first-order valence-electron chi connectivity index (χ1n) is 3.42. The van der Waals surface area contributed by atoms with Crippen LogP contribution in [0.2, 0.25) is 0 Å². The van der Waals surface area contributed by atoms with Crippen molar-refractivity contribution in [2.24, 2.45) is 0 Å². The van der Waals surface area contributed by atoms with Gasteiger partial charge in [0.25, 0.3) is 0 Å². The summed E-state index contributed by atoms with van der Waals surface area (Å²) in [5.41, 5.74) is 0. The fourth-order valence-electron chi connectivity index (χ4n) is 1.02. The Balaban J connectivity index is 2.23. The van der Waals surface area contributed by atoms with Gasteiger partial charge in [-0.3, -0.25) is 4.90 Å². The monoisotopic (exact) mass is 147 g/mol. The van der Waals surface area contributed by atoms with Crippen LogP contribution < -0.4 is 0 Å². The highest BCUT2D eigenvalue weighted by Gasteiger charge is 2.13. The van der Waals surface area contributed by atoms with Gasteiger partial charge in [0, 0.05) is 13.1 Å². The molecule has 0 amide bonds. The first-order valence-corrected chi connectivity index (χ1v) is 4.09. The smallest absolute Gasteiger partial charge is 0.0835 e. The molecule has 1 aliphatic heterocycles. The van der Waals surface area contributed by atoms with Crippen LogP contribution in [-0.4, -0.2) is 37.0 Å². The molecule has 0 aromatic carbocycles. The largest absolute Gasteiger partial charge is 0.372 e. The van der Waals surface area contributed by atoms with E-state index in [2.05, 4.69) is 21.1 Å². The lowest BCUT2D eigenvalue weighted by molar-refractivity contribution is 0.0199. The third-order valence-corrected chi connectivity index (χ3v) is 2.03. The van der Waals surface area contributed by atoms with E-state index in [0.29, 0.717) is 5.85 Å². The first kappa shape index (κ1) is 7.46. The molecule has 9 heavy (non-hydrogen) atoms. The highest BCUT2D eigenvalue weighted by atomic mass is 31.0. The summed E-state index contributed by atoms with van der Waals surface area (Å²) in [5, 5.41) is 0. The number of hydrogen-bond donors (Lipinski definition) is 0. The van der Waals surface area contributed by atoms with Crippen LogP contribution in [0, 0.1) is 0 Å². The lowest BCUT2D eigenvalue weighted by Gasteiger charge is -2.29. The van der Waals surface area contributed by atoms with E-state index >= 15 is 0 Å². The molecular formula is C6H14NOP. The maximum atomic E-state index is 5.33. The number of morpholine rings is 1. The summed E-state index contributed by atoms with van der Waals surface area (Å²) in [6.45, 7) is 6.39. The van der Waals surface area contributed by atoms with Crippen molar-refractivity contribution in [3.05, 3.63) is 0 Å². The zero-order valence-electron chi connectivity index (χ0n) is 5.84. The van der Waals surface area contributed by atoms with Gasteiger partial charge in [0.2, 0.25) is 0 Å². The Kier molecular flexibility index (Phi) is 2.90. The van der Waals surface area contributed by atoms with Gasteiger partial charge in [0.15, 0.2) is 0 Å². The normalized spacial score (nSPS) is 30.7. The van der Waals surface area contributed by atoms with E-state index in [0.717, 1.165) is 26.2 Å². The van der Waals surface area contributed by atoms with E-state index < -0.39 is 0 Å². The Labute approximate surface area is 58.8 Å². The van der Waals surface area contributed by atoms with Crippen LogP contribution in [0.1, 0.15) is 6.92 Å². The molecule has 1 aliphatic rings. The third kappa shape index (κ3) is 2.21. The van der Waals surface area contributed by atoms with E-state index in [1.54, 1.807) is 0 Å². The summed E-state index contributed by atoms with van der Waals surface area (Å²) in [6.07, 6.45) is 0. The molecule has 0 N–H and O–H groups in total. The summed E-state index contributed by atoms with van der Waals surface area (Å²) < 4.78 is 5.33. The second-order valence-corrected chi connectivity index (χ2v) is 3.05. The number of rotatable bonds is 1. The van der Waals surface area contributed by atoms with E-state index in [9.17, 15) is 0 Å². The van der Waals surface area contributed by atoms with Crippen molar-refractivity contribution in [3.8, 4) is 0 Å². The minimum Gasteiger partial charge on any atom is -0.372 e. The number of ether oxygens (including phenoxy) is 1. The van der Waals surface area contributed by atoms with Crippen LogP contribution in [0.15, 0.2) is 0 Å². The van der Waals surface area contributed by atoms with Crippen molar-refractivity contribution in [1.29, 1.82) is 0 Å². The van der Waals surface area contributed by atoms with Crippen LogP contribution in [0.4, 0.5) is 0 Å². The van der Waals surface area contributed by atoms with Crippen molar-refractivity contribution in [2.75, 3.05) is 26.2 Å². The minimum atomic E-state index is 0.360. The second kappa shape index (κ2) is 3.50. The van der Waals surface area contributed by atoms with Gasteiger partial charge >= 0.3 is 0 Å². The van der Waals surface area contributed by atoms with Crippen LogP contribution in [-0.2, 0) is 4.74 Å². The molecule has 1 fully saturated rings. The summed E-state index contributed by atoms with van der Waals surface area (Å²) in [5.74, 6) is 0.360. The Bertz CT molecular complexity index is 89.1. The van der Waals surface area contributed by atoms with Gasteiger partial charge in [-0.05, 0) is 6.54 Å². The molecule has 0 aromatic heterocycles. The molecule has 0 aliphatic carbocycles. The summed E-state index contributed by atoms with van der Waals surface area (Å²) >= 11 is 0. The minimum absolute atomic E-state index is 0.360. The Morgan fingerprint density at radius 1 is 1.78 bits per heavy atom. The molecule has 1 rings (SSSR count). The van der Waals surface area contributed by atoms with E-state index in [-0.39, 0.29) is 0 Å². The lowest BCUT2D eigenvalue weighted by atomic mass is 10.4. The Morgan fingerprint density at radius 3 is 3.00 bits per heavy atom. The molecule has 1 heterocycles.